The number of aryl methyl sites for hydroxylation is 1. The third kappa shape index (κ3) is 6.08. The first-order valence-corrected chi connectivity index (χ1v) is 13.3. The van der Waals surface area contributed by atoms with Gasteiger partial charge in [0.25, 0.3) is 5.88 Å². The molecule has 10 nitrogen and oxygen atoms in total. The van der Waals surface area contributed by atoms with E-state index in [0.29, 0.717) is 29.4 Å². The van der Waals surface area contributed by atoms with E-state index >= 15 is 0 Å². The lowest BCUT2D eigenvalue weighted by Crippen LogP contribution is -2.65. The molecule has 0 radical (unpaired) electrons. The number of pyridine rings is 1. The molecule has 1 spiro atoms. The molecule has 0 atom stereocenters. The van der Waals surface area contributed by atoms with E-state index in [0.717, 1.165) is 56.9 Å². The molecule has 3 aromatic rings. The fourth-order valence-electron chi connectivity index (χ4n) is 5.30. The van der Waals surface area contributed by atoms with Crippen molar-refractivity contribution in [2.24, 2.45) is 5.41 Å². The largest absolute Gasteiger partial charge is 0.490 e. The van der Waals surface area contributed by atoms with E-state index in [1.54, 1.807) is 13.0 Å². The topological polar surface area (TPSA) is 114 Å². The molecule has 1 amide bonds. The van der Waals surface area contributed by atoms with Crippen LogP contribution in [0.5, 0.6) is 17.4 Å². The smallest absolute Gasteiger partial charge is 0.282 e. The Kier molecular flexibility index (Phi) is 7.87. The SMILES string of the molecule is CC(C)NC=O.Cc1cc(F)ccc1Oc1nncnc1N1CC2(CC(Oc3ccnc4c3CNCC4)C2)C1. The van der Waals surface area contributed by atoms with Crippen LogP contribution in [0.1, 0.15) is 43.5 Å². The minimum atomic E-state index is -0.299. The van der Waals surface area contributed by atoms with Gasteiger partial charge in [0.1, 0.15) is 29.7 Å². The molecule has 4 heterocycles. The molecule has 6 rings (SSSR count). The number of halogens is 1. The fourth-order valence-corrected chi connectivity index (χ4v) is 5.30. The number of fused-ring (bicyclic) bond motifs is 1. The monoisotopic (exact) mass is 535 g/mol. The van der Waals surface area contributed by atoms with E-state index in [-0.39, 0.29) is 23.4 Å². The molecule has 2 fully saturated rings. The van der Waals surface area contributed by atoms with E-state index in [2.05, 4.69) is 35.7 Å². The molecule has 0 bridgehead atoms. The maximum absolute atomic E-state index is 13.4. The molecule has 3 aliphatic rings. The van der Waals surface area contributed by atoms with Gasteiger partial charge in [-0.25, -0.2) is 9.37 Å². The number of benzene rings is 1. The van der Waals surface area contributed by atoms with Crippen LogP contribution in [-0.2, 0) is 17.8 Å². The molecule has 206 valence electrons. The number of amides is 1. The highest BCUT2D eigenvalue weighted by Crippen LogP contribution is 2.51. The second-order valence-corrected chi connectivity index (χ2v) is 10.7. The van der Waals surface area contributed by atoms with Gasteiger partial charge in [-0.2, -0.15) is 0 Å². The number of nitrogens with zero attached hydrogens (tertiary/aromatic N) is 5. The predicted octanol–water partition coefficient (Wildman–Crippen LogP) is 3.34. The van der Waals surface area contributed by atoms with E-state index in [1.165, 1.54) is 24.0 Å². The van der Waals surface area contributed by atoms with Crippen LogP contribution in [0.4, 0.5) is 10.2 Å². The summed E-state index contributed by atoms with van der Waals surface area (Å²) in [5.41, 5.74) is 3.28. The number of hydrogen-bond donors (Lipinski definition) is 2. The van der Waals surface area contributed by atoms with Gasteiger partial charge >= 0.3 is 0 Å². The summed E-state index contributed by atoms with van der Waals surface area (Å²) < 4.78 is 25.7. The molecular weight excluding hydrogens is 501 g/mol. The summed E-state index contributed by atoms with van der Waals surface area (Å²) >= 11 is 0. The van der Waals surface area contributed by atoms with E-state index in [9.17, 15) is 9.18 Å². The Morgan fingerprint density at radius 2 is 2.03 bits per heavy atom. The fraction of sp³-hybridized carbons (Fsp3) is 0.464. The molecule has 0 unspecified atom stereocenters. The molecule has 2 N–H and O–H groups in total. The first-order chi connectivity index (χ1) is 18.9. The Morgan fingerprint density at radius 1 is 1.21 bits per heavy atom. The van der Waals surface area contributed by atoms with Crippen molar-refractivity contribution in [1.82, 2.24) is 30.8 Å². The summed E-state index contributed by atoms with van der Waals surface area (Å²) in [7, 11) is 0. The Morgan fingerprint density at radius 3 is 2.74 bits per heavy atom. The van der Waals surface area contributed by atoms with Gasteiger partial charge in [-0.3, -0.25) is 9.78 Å². The molecule has 1 saturated heterocycles. The van der Waals surface area contributed by atoms with Crippen molar-refractivity contribution < 1.29 is 18.7 Å². The first-order valence-electron chi connectivity index (χ1n) is 13.3. The summed E-state index contributed by atoms with van der Waals surface area (Å²) in [6.45, 7) is 9.16. The molecule has 1 aliphatic carbocycles. The maximum atomic E-state index is 13.4. The average molecular weight is 536 g/mol. The number of carbonyl (C=O) groups is 1. The number of aromatic nitrogens is 4. The quantitative estimate of drug-likeness (QED) is 0.440. The number of hydrogen-bond acceptors (Lipinski definition) is 9. The van der Waals surface area contributed by atoms with Crippen molar-refractivity contribution in [3.63, 3.8) is 0 Å². The summed E-state index contributed by atoms with van der Waals surface area (Å²) in [6, 6.07) is 6.67. The van der Waals surface area contributed by atoms with Crippen LogP contribution >= 0.6 is 0 Å². The Labute approximate surface area is 227 Å². The van der Waals surface area contributed by atoms with Gasteiger partial charge in [-0.1, -0.05) is 0 Å². The molecule has 2 aliphatic heterocycles. The highest BCUT2D eigenvalue weighted by atomic mass is 19.1. The Hall–Kier alpha value is -3.86. The van der Waals surface area contributed by atoms with E-state index < -0.39 is 0 Å². The highest BCUT2D eigenvalue weighted by molar-refractivity contribution is 5.53. The van der Waals surface area contributed by atoms with E-state index in [4.69, 9.17) is 9.47 Å². The van der Waals surface area contributed by atoms with Gasteiger partial charge in [-0.05, 0) is 63.4 Å². The lowest BCUT2D eigenvalue weighted by atomic mass is 9.61. The minimum absolute atomic E-state index is 0.224. The zero-order chi connectivity index (χ0) is 27.4. The van der Waals surface area contributed by atoms with Crippen molar-refractivity contribution in [2.45, 2.75) is 58.7 Å². The molecule has 39 heavy (non-hydrogen) atoms. The highest BCUT2D eigenvalue weighted by Gasteiger charge is 2.54. The number of carbonyl (C=O) groups excluding carboxylic acids is 1. The van der Waals surface area contributed by atoms with Crippen molar-refractivity contribution in [3.8, 4) is 17.4 Å². The van der Waals surface area contributed by atoms with E-state index in [1.807, 2.05) is 26.1 Å². The second kappa shape index (κ2) is 11.5. The van der Waals surface area contributed by atoms with Crippen LogP contribution < -0.4 is 25.0 Å². The van der Waals surface area contributed by atoms with Gasteiger partial charge in [0.05, 0.1) is 0 Å². The molecule has 11 heteroatoms. The number of rotatable bonds is 7. The summed E-state index contributed by atoms with van der Waals surface area (Å²) in [5.74, 6) is 2.21. The summed E-state index contributed by atoms with van der Waals surface area (Å²) in [5, 5.41) is 13.9. The van der Waals surface area contributed by atoms with Crippen LogP contribution in [0.3, 0.4) is 0 Å². The van der Waals surface area contributed by atoms with Gasteiger partial charge in [0, 0.05) is 61.5 Å². The maximum Gasteiger partial charge on any atom is 0.282 e. The summed E-state index contributed by atoms with van der Waals surface area (Å²) in [4.78, 5) is 20.6. The van der Waals surface area contributed by atoms with Crippen LogP contribution in [-0.4, -0.2) is 58.4 Å². The van der Waals surface area contributed by atoms with Gasteiger partial charge in [0.2, 0.25) is 6.41 Å². The standard InChI is InChI=1S/C24H25FN6O2.C4H9NO/c1-15-8-16(25)2-3-20(15)33-23-22(28-14-29-30-23)31-12-24(13-31)9-17(10-24)32-21-5-7-27-19-4-6-26-11-18(19)21;1-4(2)5-3-6/h2-3,5,7-8,14,17,26H,4,6,9-13H2,1H3;3-4H,1-2H3,(H,5,6). The Bertz CT molecular complexity index is 1310. The van der Waals surface area contributed by atoms with Gasteiger partial charge < -0.3 is 25.0 Å². The second-order valence-electron chi connectivity index (χ2n) is 10.7. The molecule has 1 aromatic carbocycles. The van der Waals surface area contributed by atoms with Crippen molar-refractivity contribution in [3.05, 3.63) is 59.4 Å². The van der Waals surface area contributed by atoms with Gasteiger partial charge in [-0.15, -0.1) is 10.2 Å². The van der Waals surface area contributed by atoms with Crippen LogP contribution in [0, 0.1) is 18.2 Å². The normalized spacial score (nSPS) is 17.3. The lowest BCUT2D eigenvalue weighted by Gasteiger charge is -2.58. The molecule has 1 saturated carbocycles. The third-order valence-electron chi connectivity index (χ3n) is 7.23. The zero-order valence-corrected chi connectivity index (χ0v) is 22.5. The first kappa shape index (κ1) is 26.7. The molecule has 2 aromatic heterocycles. The summed E-state index contributed by atoms with van der Waals surface area (Å²) in [6.07, 6.45) is 7.18. The van der Waals surface area contributed by atoms with Crippen molar-refractivity contribution in [1.29, 1.82) is 0 Å². The third-order valence-corrected chi connectivity index (χ3v) is 7.23. The minimum Gasteiger partial charge on any atom is -0.490 e. The zero-order valence-electron chi connectivity index (χ0n) is 22.5. The number of ether oxygens (including phenoxy) is 2. The average Bonchev–Trinajstić information content (AvgIpc) is 2.87. The van der Waals surface area contributed by atoms with Gasteiger partial charge in [0.15, 0.2) is 5.82 Å². The lowest BCUT2D eigenvalue weighted by molar-refractivity contribution is -0.109. The van der Waals surface area contributed by atoms with Crippen LogP contribution in [0.25, 0.3) is 0 Å². The Balaban J connectivity index is 0.000000465. The van der Waals surface area contributed by atoms with Crippen molar-refractivity contribution in [2.75, 3.05) is 24.5 Å². The van der Waals surface area contributed by atoms with Crippen LogP contribution in [0.15, 0.2) is 36.8 Å². The number of nitrogens with one attached hydrogen (secondary N) is 2. The number of anilines is 1. The van der Waals surface area contributed by atoms with Crippen LogP contribution in [0.2, 0.25) is 0 Å². The molecular formula is C28H34FN7O3. The van der Waals surface area contributed by atoms with Crippen molar-refractivity contribution >= 4 is 12.2 Å². The predicted molar refractivity (Wildman–Crippen MR) is 143 cm³/mol.